The SMILES string of the molecule is O=C(C1Cc2ccccc2O1)N1CC2(C1)OCCC2COc1cccnc1. The molecule has 0 aliphatic carbocycles. The van der Waals surface area contributed by atoms with Gasteiger partial charge in [0.2, 0.25) is 0 Å². The van der Waals surface area contributed by atoms with Gasteiger partial charge in [0.15, 0.2) is 6.10 Å². The molecule has 27 heavy (non-hydrogen) atoms. The summed E-state index contributed by atoms with van der Waals surface area (Å²) < 4.78 is 17.8. The normalized spacial score (nSPS) is 25.0. The average molecular weight is 366 g/mol. The van der Waals surface area contributed by atoms with Crippen LogP contribution in [0.5, 0.6) is 11.5 Å². The van der Waals surface area contributed by atoms with Crippen molar-refractivity contribution in [3.63, 3.8) is 0 Å². The Morgan fingerprint density at radius 2 is 2.15 bits per heavy atom. The minimum absolute atomic E-state index is 0.0549. The van der Waals surface area contributed by atoms with Crippen LogP contribution in [0, 0.1) is 5.92 Å². The van der Waals surface area contributed by atoms with Gasteiger partial charge in [-0.25, -0.2) is 0 Å². The maximum absolute atomic E-state index is 12.8. The largest absolute Gasteiger partial charge is 0.492 e. The van der Waals surface area contributed by atoms with E-state index < -0.39 is 6.10 Å². The first-order valence-corrected chi connectivity index (χ1v) is 9.44. The number of nitrogens with zero attached hydrogens (tertiary/aromatic N) is 2. The lowest BCUT2D eigenvalue weighted by Gasteiger charge is -2.50. The third-order valence-corrected chi connectivity index (χ3v) is 5.84. The Labute approximate surface area is 158 Å². The van der Waals surface area contributed by atoms with Crippen LogP contribution in [-0.2, 0) is 16.0 Å². The number of hydrogen-bond donors (Lipinski definition) is 0. The molecule has 1 amide bonds. The average Bonchev–Trinajstić information content (AvgIpc) is 3.29. The van der Waals surface area contributed by atoms with Crippen LogP contribution in [-0.4, -0.2) is 53.8 Å². The Balaban J connectivity index is 1.18. The Bertz CT molecular complexity index is 810. The Kier molecular flexibility index (Phi) is 4.01. The molecule has 1 aromatic carbocycles. The van der Waals surface area contributed by atoms with Crippen molar-refractivity contribution in [1.82, 2.24) is 9.88 Å². The molecule has 140 valence electrons. The van der Waals surface area contributed by atoms with Crippen molar-refractivity contribution < 1.29 is 19.0 Å². The molecular weight excluding hydrogens is 344 g/mol. The van der Waals surface area contributed by atoms with Gasteiger partial charge in [-0.1, -0.05) is 18.2 Å². The van der Waals surface area contributed by atoms with Crippen molar-refractivity contribution in [3.05, 3.63) is 54.4 Å². The van der Waals surface area contributed by atoms with Crippen molar-refractivity contribution >= 4 is 5.91 Å². The van der Waals surface area contributed by atoms with E-state index >= 15 is 0 Å². The predicted molar refractivity (Wildman–Crippen MR) is 97.7 cm³/mol. The number of pyridine rings is 1. The maximum atomic E-state index is 12.8. The summed E-state index contributed by atoms with van der Waals surface area (Å²) in [5.74, 6) is 1.93. The van der Waals surface area contributed by atoms with Crippen LogP contribution in [0.1, 0.15) is 12.0 Å². The Morgan fingerprint density at radius 1 is 1.26 bits per heavy atom. The summed E-state index contributed by atoms with van der Waals surface area (Å²) in [6, 6.07) is 11.6. The van der Waals surface area contributed by atoms with E-state index in [0.717, 1.165) is 23.5 Å². The third-order valence-electron chi connectivity index (χ3n) is 5.84. The van der Waals surface area contributed by atoms with Gasteiger partial charge in [0.25, 0.3) is 5.91 Å². The summed E-state index contributed by atoms with van der Waals surface area (Å²) in [5, 5.41) is 0. The van der Waals surface area contributed by atoms with Crippen LogP contribution < -0.4 is 9.47 Å². The molecule has 2 unspecified atom stereocenters. The number of benzene rings is 1. The summed E-state index contributed by atoms with van der Waals surface area (Å²) in [7, 11) is 0. The summed E-state index contributed by atoms with van der Waals surface area (Å²) in [5.41, 5.74) is 0.828. The van der Waals surface area contributed by atoms with Gasteiger partial charge in [0.05, 0.1) is 25.9 Å². The summed E-state index contributed by atoms with van der Waals surface area (Å²) in [6.07, 6.45) is 4.63. The molecule has 1 spiro atoms. The highest BCUT2D eigenvalue weighted by molar-refractivity contribution is 5.83. The fraction of sp³-hybridized carbons (Fsp3) is 0.429. The first-order chi connectivity index (χ1) is 13.2. The van der Waals surface area contributed by atoms with Gasteiger partial charge in [-0.3, -0.25) is 9.78 Å². The number of hydrogen-bond acceptors (Lipinski definition) is 5. The minimum atomic E-state index is -0.411. The van der Waals surface area contributed by atoms with Crippen LogP contribution >= 0.6 is 0 Å². The molecule has 2 atom stereocenters. The number of rotatable bonds is 4. The second-order valence-electron chi connectivity index (χ2n) is 7.51. The van der Waals surface area contributed by atoms with E-state index in [4.69, 9.17) is 14.2 Å². The van der Waals surface area contributed by atoms with Crippen LogP contribution in [0.3, 0.4) is 0 Å². The van der Waals surface area contributed by atoms with E-state index in [0.29, 0.717) is 32.7 Å². The molecule has 4 heterocycles. The number of ether oxygens (including phenoxy) is 3. The molecule has 0 radical (unpaired) electrons. The number of para-hydroxylation sites is 1. The summed E-state index contributed by atoms with van der Waals surface area (Å²) in [4.78, 5) is 18.8. The molecule has 0 bridgehead atoms. The van der Waals surface area contributed by atoms with Crippen molar-refractivity contribution in [2.45, 2.75) is 24.5 Å². The summed E-state index contributed by atoms with van der Waals surface area (Å²) >= 11 is 0. The van der Waals surface area contributed by atoms with Crippen LogP contribution in [0.25, 0.3) is 0 Å². The van der Waals surface area contributed by atoms with Gasteiger partial charge in [0, 0.05) is 25.1 Å². The molecule has 6 heteroatoms. The fourth-order valence-electron chi connectivity index (χ4n) is 4.28. The van der Waals surface area contributed by atoms with E-state index in [2.05, 4.69) is 4.98 Å². The zero-order chi connectivity index (χ0) is 18.3. The van der Waals surface area contributed by atoms with E-state index in [-0.39, 0.29) is 17.4 Å². The lowest BCUT2D eigenvalue weighted by Crippen LogP contribution is -2.68. The predicted octanol–water partition coefficient (Wildman–Crippen LogP) is 2.08. The second kappa shape index (κ2) is 6.53. The highest BCUT2D eigenvalue weighted by atomic mass is 16.5. The minimum Gasteiger partial charge on any atom is -0.492 e. The first-order valence-electron chi connectivity index (χ1n) is 9.44. The molecule has 2 aromatic rings. The molecule has 1 aromatic heterocycles. The third kappa shape index (κ3) is 2.94. The lowest BCUT2D eigenvalue weighted by molar-refractivity contribution is -0.172. The lowest BCUT2D eigenvalue weighted by atomic mass is 9.81. The molecule has 0 saturated carbocycles. The quantitative estimate of drug-likeness (QED) is 0.829. The van der Waals surface area contributed by atoms with Gasteiger partial charge >= 0.3 is 0 Å². The molecule has 2 saturated heterocycles. The van der Waals surface area contributed by atoms with Gasteiger partial charge in [-0.05, 0) is 30.2 Å². The molecule has 6 nitrogen and oxygen atoms in total. The number of likely N-dealkylation sites (tertiary alicyclic amines) is 1. The number of aromatic nitrogens is 1. The molecule has 0 N–H and O–H groups in total. The monoisotopic (exact) mass is 366 g/mol. The first kappa shape index (κ1) is 16.6. The second-order valence-corrected chi connectivity index (χ2v) is 7.51. The van der Waals surface area contributed by atoms with E-state index in [1.807, 2.05) is 41.3 Å². The van der Waals surface area contributed by atoms with E-state index in [1.165, 1.54) is 0 Å². The number of amides is 1. The van der Waals surface area contributed by atoms with Gasteiger partial charge in [-0.2, -0.15) is 0 Å². The zero-order valence-electron chi connectivity index (χ0n) is 15.0. The molecule has 3 aliphatic heterocycles. The number of fused-ring (bicyclic) bond motifs is 1. The van der Waals surface area contributed by atoms with Crippen molar-refractivity contribution in [3.8, 4) is 11.5 Å². The van der Waals surface area contributed by atoms with Gasteiger partial charge < -0.3 is 19.1 Å². The Morgan fingerprint density at radius 3 is 2.96 bits per heavy atom. The fourth-order valence-corrected chi connectivity index (χ4v) is 4.28. The number of carbonyl (C=O) groups is 1. The smallest absolute Gasteiger partial charge is 0.264 e. The van der Waals surface area contributed by atoms with Crippen LogP contribution in [0.4, 0.5) is 0 Å². The Hall–Kier alpha value is -2.60. The molecule has 5 rings (SSSR count). The van der Waals surface area contributed by atoms with Crippen LogP contribution in [0.15, 0.2) is 48.8 Å². The van der Waals surface area contributed by atoms with Crippen LogP contribution in [0.2, 0.25) is 0 Å². The molecule has 2 fully saturated rings. The highest BCUT2D eigenvalue weighted by Crippen LogP contribution is 2.41. The van der Waals surface area contributed by atoms with Crippen molar-refractivity contribution in [1.29, 1.82) is 0 Å². The summed E-state index contributed by atoms with van der Waals surface area (Å²) in [6.45, 7) is 2.53. The number of carbonyl (C=O) groups excluding carboxylic acids is 1. The van der Waals surface area contributed by atoms with Gasteiger partial charge in [-0.15, -0.1) is 0 Å². The molecule has 3 aliphatic rings. The topological polar surface area (TPSA) is 60.9 Å². The zero-order valence-corrected chi connectivity index (χ0v) is 15.0. The molecular formula is C21H22N2O4. The van der Waals surface area contributed by atoms with E-state index in [9.17, 15) is 4.79 Å². The highest BCUT2D eigenvalue weighted by Gasteiger charge is 2.55. The van der Waals surface area contributed by atoms with E-state index in [1.54, 1.807) is 12.4 Å². The standard InChI is InChI=1S/C21H22N2O4/c24-20(19-10-15-4-1-2-6-18(15)27-19)23-13-21(14-23)16(7-9-26-21)12-25-17-5-3-8-22-11-17/h1-6,8,11,16,19H,7,9-10,12-14H2. The maximum Gasteiger partial charge on any atom is 0.264 e. The van der Waals surface area contributed by atoms with Gasteiger partial charge in [0.1, 0.15) is 17.1 Å². The van der Waals surface area contributed by atoms with Crippen molar-refractivity contribution in [2.75, 3.05) is 26.3 Å². The van der Waals surface area contributed by atoms with Crippen molar-refractivity contribution in [2.24, 2.45) is 5.92 Å².